The van der Waals surface area contributed by atoms with Crippen molar-refractivity contribution in [3.63, 3.8) is 0 Å². The first kappa shape index (κ1) is 10.1. The minimum atomic E-state index is 0.404. The molecule has 1 unspecified atom stereocenters. The predicted molar refractivity (Wildman–Crippen MR) is 57.5 cm³/mol. The zero-order chi connectivity index (χ0) is 9.97. The molecule has 1 atom stereocenters. The van der Waals surface area contributed by atoms with Crippen LogP contribution in [0, 0.1) is 5.92 Å². The van der Waals surface area contributed by atoms with Crippen LogP contribution in [-0.4, -0.2) is 6.54 Å². The average Bonchev–Trinajstić information content (AvgIpc) is 2.92. The molecule has 78 valence electrons. The molecular weight excluding hydrogens is 198 g/mol. The molecule has 14 heavy (non-hydrogen) atoms. The van der Waals surface area contributed by atoms with Crippen molar-refractivity contribution in [1.82, 2.24) is 5.32 Å². The highest BCUT2D eigenvalue weighted by molar-refractivity contribution is 6.29. The van der Waals surface area contributed by atoms with Crippen LogP contribution >= 0.6 is 11.6 Å². The van der Waals surface area contributed by atoms with Gasteiger partial charge in [-0.2, -0.15) is 0 Å². The molecule has 0 spiro atoms. The van der Waals surface area contributed by atoms with E-state index in [0.717, 1.165) is 24.4 Å². The minimum Gasteiger partial charge on any atom is -0.453 e. The monoisotopic (exact) mass is 213 g/mol. The molecule has 1 heterocycles. The molecule has 0 aromatic carbocycles. The molecule has 0 saturated heterocycles. The molecule has 1 fully saturated rings. The van der Waals surface area contributed by atoms with Gasteiger partial charge in [0.25, 0.3) is 0 Å². The Balaban J connectivity index is 2.06. The molecule has 1 aromatic heterocycles. The van der Waals surface area contributed by atoms with Crippen LogP contribution in [0.4, 0.5) is 0 Å². The second-order valence-electron chi connectivity index (χ2n) is 3.92. The highest BCUT2D eigenvalue weighted by Gasteiger charge is 2.33. The standard InChI is InChI=1S/C11H16ClNO/c1-2-6-13-10(8-3-4-8)9-5-7-14-11(9)12/h5,7-8,10,13H,2-4,6H2,1H3. The Kier molecular flexibility index (Phi) is 3.14. The summed E-state index contributed by atoms with van der Waals surface area (Å²) in [6.45, 7) is 3.22. The van der Waals surface area contributed by atoms with Gasteiger partial charge in [-0.15, -0.1) is 0 Å². The van der Waals surface area contributed by atoms with Gasteiger partial charge in [-0.3, -0.25) is 0 Å². The van der Waals surface area contributed by atoms with E-state index in [9.17, 15) is 0 Å². The van der Waals surface area contributed by atoms with Crippen molar-refractivity contribution in [3.8, 4) is 0 Å². The molecule has 3 heteroatoms. The molecule has 0 amide bonds. The number of nitrogens with one attached hydrogen (secondary N) is 1. The van der Waals surface area contributed by atoms with Gasteiger partial charge in [0, 0.05) is 11.6 Å². The van der Waals surface area contributed by atoms with Crippen LogP contribution < -0.4 is 5.32 Å². The van der Waals surface area contributed by atoms with Gasteiger partial charge < -0.3 is 9.73 Å². The van der Waals surface area contributed by atoms with Gasteiger partial charge >= 0.3 is 0 Å². The lowest BCUT2D eigenvalue weighted by molar-refractivity contribution is 0.473. The van der Waals surface area contributed by atoms with Gasteiger partial charge in [0.05, 0.1) is 6.26 Å². The molecule has 1 aliphatic carbocycles. The van der Waals surface area contributed by atoms with Crippen LogP contribution in [-0.2, 0) is 0 Å². The van der Waals surface area contributed by atoms with Crippen molar-refractivity contribution >= 4 is 11.6 Å². The normalized spacial score (nSPS) is 18.4. The van der Waals surface area contributed by atoms with E-state index in [4.69, 9.17) is 16.0 Å². The second kappa shape index (κ2) is 4.37. The van der Waals surface area contributed by atoms with E-state index >= 15 is 0 Å². The Labute approximate surface area is 89.6 Å². The van der Waals surface area contributed by atoms with Crippen LogP contribution in [0.25, 0.3) is 0 Å². The van der Waals surface area contributed by atoms with Gasteiger partial charge in [0.15, 0.2) is 5.22 Å². The van der Waals surface area contributed by atoms with Crippen molar-refractivity contribution in [2.24, 2.45) is 5.92 Å². The van der Waals surface area contributed by atoms with Crippen molar-refractivity contribution < 1.29 is 4.42 Å². The zero-order valence-electron chi connectivity index (χ0n) is 8.42. The fourth-order valence-corrected chi connectivity index (χ4v) is 2.02. The van der Waals surface area contributed by atoms with E-state index < -0.39 is 0 Å². The first-order chi connectivity index (χ1) is 6.83. The summed E-state index contributed by atoms with van der Waals surface area (Å²) in [5.74, 6) is 0.761. The third-order valence-corrected chi connectivity index (χ3v) is 3.00. The second-order valence-corrected chi connectivity index (χ2v) is 4.26. The van der Waals surface area contributed by atoms with Crippen LogP contribution in [0.3, 0.4) is 0 Å². The number of hydrogen-bond acceptors (Lipinski definition) is 2. The Hall–Kier alpha value is -0.470. The minimum absolute atomic E-state index is 0.404. The topological polar surface area (TPSA) is 25.2 Å². The molecule has 1 N–H and O–H groups in total. The van der Waals surface area contributed by atoms with Gasteiger partial charge in [-0.05, 0) is 49.4 Å². The molecule has 1 saturated carbocycles. The summed E-state index contributed by atoms with van der Waals surface area (Å²) in [5, 5.41) is 4.08. The van der Waals surface area contributed by atoms with E-state index in [1.807, 2.05) is 6.07 Å². The van der Waals surface area contributed by atoms with Crippen molar-refractivity contribution in [1.29, 1.82) is 0 Å². The third kappa shape index (κ3) is 2.12. The first-order valence-corrected chi connectivity index (χ1v) is 5.67. The zero-order valence-corrected chi connectivity index (χ0v) is 9.18. The maximum absolute atomic E-state index is 5.98. The highest BCUT2D eigenvalue weighted by Crippen LogP contribution is 2.43. The van der Waals surface area contributed by atoms with E-state index in [-0.39, 0.29) is 0 Å². The maximum atomic E-state index is 5.98. The van der Waals surface area contributed by atoms with E-state index in [0.29, 0.717) is 11.3 Å². The lowest BCUT2D eigenvalue weighted by atomic mass is 10.1. The third-order valence-electron chi connectivity index (χ3n) is 2.69. The summed E-state index contributed by atoms with van der Waals surface area (Å²) < 4.78 is 5.13. The molecule has 0 radical (unpaired) electrons. The van der Waals surface area contributed by atoms with Crippen LogP contribution in [0.15, 0.2) is 16.7 Å². The molecule has 0 aliphatic heterocycles. The largest absolute Gasteiger partial charge is 0.453 e. The molecule has 1 aliphatic rings. The smallest absolute Gasteiger partial charge is 0.197 e. The van der Waals surface area contributed by atoms with Gasteiger partial charge in [0.1, 0.15) is 0 Å². The number of furan rings is 1. The van der Waals surface area contributed by atoms with E-state index in [1.54, 1.807) is 6.26 Å². The van der Waals surface area contributed by atoms with Crippen LogP contribution in [0.1, 0.15) is 37.8 Å². The Morgan fingerprint density at radius 3 is 2.93 bits per heavy atom. The summed E-state index contributed by atoms with van der Waals surface area (Å²) in [6, 6.07) is 2.38. The van der Waals surface area contributed by atoms with E-state index in [1.165, 1.54) is 12.8 Å². The quantitative estimate of drug-likeness (QED) is 0.811. The predicted octanol–water partition coefficient (Wildman–Crippen LogP) is 3.38. The fraction of sp³-hybridized carbons (Fsp3) is 0.636. The summed E-state index contributed by atoms with van der Waals surface area (Å²) in [6.07, 6.45) is 5.44. The van der Waals surface area contributed by atoms with Crippen LogP contribution in [0.5, 0.6) is 0 Å². The number of halogens is 1. The summed E-state index contributed by atoms with van der Waals surface area (Å²) >= 11 is 5.98. The summed E-state index contributed by atoms with van der Waals surface area (Å²) in [4.78, 5) is 0. The van der Waals surface area contributed by atoms with Crippen molar-refractivity contribution in [3.05, 3.63) is 23.1 Å². The lowest BCUT2D eigenvalue weighted by Gasteiger charge is -2.16. The van der Waals surface area contributed by atoms with Gasteiger partial charge in [0.2, 0.25) is 0 Å². The van der Waals surface area contributed by atoms with Crippen molar-refractivity contribution in [2.75, 3.05) is 6.54 Å². The molecule has 2 nitrogen and oxygen atoms in total. The molecule has 2 rings (SSSR count). The molecular formula is C11H16ClNO. The van der Waals surface area contributed by atoms with Crippen LogP contribution in [0.2, 0.25) is 5.22 Å². The highest BCUT2D eigenvalue weighted by atomic mass is 35.5. The maximum Gasteiger partial charge on any atom is 0.197 e. The Morgan fingerprint density at radius 2 is 2.43 bits per heavy atom. The SMILES string of the molecule is CCCNC(c1ccoc1Cl)C1CC1. The number of rotatable bonds is 5. The Morgan fingerprint density at radius 1 is 1.64 bits per heavy atom. The van der Waals surface area contributed by atoms with E-state index in [2.05, 4.69) is 12.2 Å². The Bertz CT molecular complexity index is 293. The first-order valence-electron chi connectivity index (χ1n) is 5.29. The fourth-order valence-electron chi connectivity index (χ4n) is 1.79. The molecule has 0 bridgehead atoms. The number of hydrogen-bond donors (Lipinski definition) is 1. The van der Waals surface area contributed by atoms with Gasteiger partial charge in [-0.1, -0.05) is 6.92 Å². The lowest BCUT2D eigenvalue weighted by Crippen LogP contribution is -2.23. The van der Waals surface area contributed by atoms with Crippen molar-refractivity contribution in [2.45, 2.75) is 32.2 Å². The van der Waals surface area contributed by atoms with Gasteiger partial charge in [-0.25, -0.2) is 0 Å². The average molecular weight is 214 g/mol. The summed E-state index contributed by atoms with van der Waals surface area (Å²) in [7, 11) is 0. The summed E-state index contributed by atoms with van der Waals surface area (Å²) in [5.41, 5.74) is 1.13. The molecule has 1 aromatic rings.